The topological polar surface area (TPSA) is 66.4 Å². The molecule has 5 heteroatoms. The molecular weight excluding hydrogens is 266 g/mol. The first-order chi connectivity index (χ1) is 9.02. The summed E-state index contributed by atoms with van der Waals surface area (Å²) in [5.41, 5.74) is 0.768. The van der Waals surface area contributed by atoms with E-state index < -0.39 is 12.0 Å². The van der Waals surface area contributed by atoms with E-state index in [0.717, 1.165) is 5.56 Å². The standard InChI is InChI=1S/C14H16ClNO3/c1-2-3-7-13(17)16-12(14(18)19)9-10-5-4-6-11(15)8-10/h2,4-6,8,12H,1,3,7,9H2,(H,16,17)(H,18,19). The molecule has 1 rings (SSSR count). The minimum Gasteiger partial charge on any atom is -0.480 e. The minimum absolute atomic E-state index is 0.204. The molecule has 0 radical (unpaired) electrons. The molecule has 1 aromatic carbocycles. The highest BCUT2D eigenvalue weighted by molar-refractivity contribution is 6.30. The molecule has 4 nitrogen and oxygen atoms in total. The van der Waals surface area contributed by atoms with E-state index >= 15 is 0 Å². The summed E-state index contributed by atoms with van der Waals surface area (Å²) in [7, 11) is 0. The molecule has 0 aromatic heterocycles. The van der Waals surface area contributed by atoms with E-state index in [-0.39, 0.29) is 18.7 Å². The zero-order valence-electron chi connectivity index (χ0n) is 10.4. The number of aliphatic carboxylic acids is 1. The van der Waals surface area contributed by atoms with Crippen LogP contribution in [-0.2, 0) is 16.0 Å². The average Bonchev–Trinajstić information content (AvgIpc) is 2.35. The van der Waals surface area contributed by atoms with Crippen LogP contribution in [0.1, 0.15) is 18.4 Å². The monoisotopic (exact) mass is 281 g/mol. The second-order valence-electron chi connectivity index (χ2n) is 4.12. The van der Waals surface area contributed by atoms with Gasteiger partial charge in [-0.3, -0.25) is 4.79 Å². The van der Waals surface area contributed by atoms with Crippen molar-refractivity contribution in [3.8, 4) is 0 Å². The van der Waals surface area contributed by atoms with Crippen molar-refractivity contribution in [1.82, 2.24) is 5.32 Å². The van der Waals surface area contributed by atoms with E-state index in [1.54, 1.807) is 30.3 Å². The van der Waals surface area contributed by atoms with Gasteiger partial charge in [-0.25, -0.2) is 4.79 Å². The number of allylic oxidation sites excluding steroid dienone is 1. The summed E-state index contributed by atoms with van der Waals surface area (Å²) in [4.78, 5) is 22.7. The van der Waals surface area contributed by atoms with Gasteiger partial charge < -0.3 is 10.4 Å². The summed E-state index contributed by atoms with van der Waals surface area (Å²) in [5.74, 6) is -1.36. The lowest BCUT2D eigenvalue weighted by atomic mass is 10.1. The van der Waals surface area contributed by atoms with Crippen LogP contribution >= 0.6 is 11.6 Å². The zero-order valence-corrected chi connectivity index (χ0v) is 11.2. The van der Waals surface area contributed by atoms with Crippen LogP contribution in [0.5, 0.6) is 0 Å². The lowest BCUT2D eigenvalue weighted by molar-refractivity contribution is -0.141. The Balaban J connectivity index is 2.65. The van der Waals surface area contributed by atoms with Crippen molar-refractivity contribution in [3.05, 3.63) is 47.5 Å². The van der Waals surface area contributed by atoms with Crippen molar-refractivity contribution in [2.24, 2.45) is 0 Å². The first-order valence-corrected chi connectivity index (χ1v) is 6.28. The van der Waals surface area contributed by atoms with Crippen LogP contribution in [0.4, 0.5) is 0 Å². The van der Waals surface area contributed by atoms with Crippen molar-refractivity contribution in [2.45, 2.75) is 25.3 Å². The molecule has 102 valence electrons. The zero-order chi connectivity index (χ0) is 14.3. The Morgan fingerprint density at radius 1 is 1.47 bits per heavy atom. The summed E-state index contributed by atoms with van der Waals surface area (Å²) >= 11 is 5.84. The van der Waals surface area contributed by atoms with E-state index in [0.29, 0.717) is 11.4 Å². The predicted molar refractivity (Wildman–Crippen MR) is 74.2 cm³/mol. The molecule has 0 aliphatic rings. The van der Waals surface area contributed by atoms with Crippen LogP contribution in [-0.4, -0.2) is 23.0 Å². The van der Waals surface area contributed by atoms with Crippen LogP contribution in [0, 0.1) is 0 Å². The van der Waals surface area contributed by atoms with Gasteiger partial charge in [0.25, 0.3) is 0 Å². The molecule has 1 atom stereocenters. The van der Waals surface area contributed by atoms with E-state index in [4.69, 9.17) is 16.7 Å². The highest BCUT2D eigenvalue weighted by atomic mass is 35.5. The van der Waals surface area contributed by atoms with Crippen molar-refractivity contribution in [1.29, 1.82) is 0 Å². The maximum absolute atomic E-state index is 11.5. The Bertz CT molecular complexity index is 474. The van der Waals surface area contributed by atoms with Gasteiger partial charge in [-0.2, -0.15) is 0 Å². The predicted octanol–water partition coefficient (Wildman–Crippen LogP) is 2.42. The van der Waals surface area contributed by atoms with E-state index in [1.165, 1.54) is 0 Å². The van der Waals surface area contributed by atoms with Gasteiger partial charge in [0.15, 0.2) is 0 Å². The quantitative estimate of drug-likeness (QED) is 0.754. The van der Waals surface area contributed by atoms with Crippen molar-refractivity contribution in [2.75, 3.05) is 0 Å². The summed E-state index contributed by atoms with van der Waals surface area (Å²) in [6.45, 7) is 3.51. The fourth-order valence-electron chi connectivity index (χ4n) is 1.60. The van der Waals surface area contributed by atoms with Crippen LogP contribution in [0.3, 0.4) is 0 Å². The number of hydrogen-bond donors (Lipinski definition) is 2. The third-order valence-corrected chi connectivity index (χ3v) is 2.77. The van der Waals surface area contributed by atoms with Gasteiger partial charge in [-0.15, -0.1) is 6.58 Å². The number of amides is 1. The maximum atomic E-state index is 11.5. The molecule has 0 saturated heterocycles. The average molecular weight is 282 g/mol. The summed E-state index contributed by atoms with van der Waals surface area (Å²) < 4.78 is 0. The number of rotatable bonds is 7. The molecular formula is C14H16ClNO3. The third-order valence-electron chi connectivity index (χ3n) is 2.54. The van der Waals surface area contributed by atoms with Gasteiger partial charge in [0, 0.05) is 17.9 Å². The minimum atomic E-state index is -1.06. The largest absolute Gasteiger partial charge is 0.480 e. The Hall–Kier alpha value is -1.81. The number of carbonyl (C=O) groups is 2. The molecule has 1 unspecified atom stereocenters. The molecule has 0 heterocycles. The number of halogens is 1. The number of carboxylic acids is 1. The van der Waals surface area contributed by atoms with Crippen molar-refractivity contribution >= 4 is 23.5 Å². The highest BCUT2D eigenvalue weighted by Gasteiger charge is 2.20. The molecule has 0 saturated carbocycles. The van der Waals surface area contributed by atoms with Gasteiger partial charge in [0.2, 0.25) is 5.91 Å². The van der Waals surface area contributed by atoms with Gasteiger partial charge in [-0.05, 0) is 24.1 Å². The van der Waals surface area contributed by atoms with Crippen molar-refractivity contribution in [3.63, 3.8) is 0 Å². The van der Waals surface area contributed by atoms with E-state index in [1.807, 2.05) is 0 Å². The molecule has 0 spiro atoms. The van der Waals surface area contributed by atoms with E-state index in [2.05, 4.69) is 11.9 Å². The van der Waals surface area contributed by atoms with Crippen LogP contribution < -0.4 is 5.32 Å². The molecule has 0 bridgehead atoms. The Labute approximate surface area is 117 Å². The second kappa shape index (κ2) is 7.59. The van der Waals surface area contributed by atoms with Gasteiger partial charge in [-0.1, -0.05) is 29.8 Å². The number of carbonyl (C=O) groups excluding carboxylic acids is 1. The number of nitrogens with one attached hydrogen (secondary N) is 1. The molecule has 2 N–H and O–H groups in total. The smallest absolute Gasteiger partial charge is 0.326 e. The lowest BCUT2D eigenvalue weighted by Crippen LogP contribution is -2.42. The molecule has 1 amide bonds. The number of hydrogen-bond acceptors (Lipinski definition) is 2. The number of benzene rings is 1. The fourth-order valence-corrected chi connectivity index (χ4v) is 1.81. The molecule has 0 fully saturated rings. The Kier molecular flexibility index (Phi) is 6.09. The summed E-state index contributed by atoms with van der Waals surface area (Å²) in [5, 5.41) is 12.1. The lowest BCUT2D eigenvalue weighted by Gasteiger charge is -2.14. The second-order valence-corrected chi connectivity index (χ2v) is 4.56. The first-order valence-electron chi connectivity index (χ1n) is 5.90. The van der Waals surface area contributed by atoms with Crippen LogP contribution in [0.25, 0.3) is 0 Å². The molecule has 19 heavy (non-hydrogen) atoms. The molecule has 0 aliphatic carbocycles. The normalized spacial score (nSPS) is 11.6. The summed E-state index contributed by atoms with van der Waals surface area (Å²) in [6.07, 6.45) is 2.58. The number of carboxylic acid groups (broad SMARTS) is 1. The summed E-state index contributed by atoms with van der Waals surface area (Å²) in [6, 6.07) is 5.97. The maximum Gasteiger partial charge on any atom is 0.326 e. The highest BCUT2D eigenvalue weighted by Crippen LogP contribution is 2.12. The van der Waals surface area contributed by atoms with Crippen molar-refractivity contribution < 1.29 is 14.7 Å². The van der Waals surface area contributed by atoms with Crippen LogP contribution in [0.15, 0.2) is 36.9 Å². The van der Waals surface area contributed by atoms with Crippen LogP contribution in [0.2, 0.25) is 5.02 Å². The molecule has 0 aliphatic heterocycles. The Morgan fingerprint density at radius 2 is 2.21 bits per heavy atom. The van der Waals surface area contributed by atoms with Gasteiger partial charge >= 0.3 is 5.97 Å². The third kappa shape index (κ3) is 5.57. The fraction of sp³-hybridized carbons (Fsp3) is 0.286. The van der Waals surface area contributed by atoms with Gasteiger partial charge in [0.1, 0.15) is 6.04 Å². The Morgan fingerprint density at radius 3 is 2.79 bits per heavy atom. The van der Waals surface area contributed by atoms with E-state index in [9.17, 15) is 9.59 Å². The molecule has 1 aromatic rings. The SMILES string of the molecule is C=CCCC(=O)NC(Cc1cccc(Cl)c1)C(=O)O. The first kappa shape index (κ1) is 15.2. The van der Waals surface area contributed by atoms with Gasteiger partial charge in [0.05, 0.1) is 0 Å².